The molecule has 0 radical (unpaired) electrons. The lowest BCUT2D eigenvalue weighted by atomic mass is 10.1. The zero-order chi connectivity index (χ0) is 20.5. The molecule has 1 atom stereocenters. The maximum atomic E-state index is 12.7. The molecule has 0 bridgehead atoms. The summed E-state index contributed by atoms with van der Waals surface area (Å²) in [6.45, 7) is 7.27. The van der Waals surface area contributed by atoms with Gasteiger partial charge in [0.25, 0.3) is 0 Å². The molecule has 1 aliphatic rings. The number of carbonyl (C=O) groups excluding carboxylic acids is 2. The number of hydrogen-bond donors (Lipinski definition) is 2. The highest BCUT2D eigenvalue weighted by Crippen LogP contribution is 2.24. The van der Waals surface area contributed by atoms with E-state index >= 15 is 0 Å². The number of H-pyrrole nitrogens is 1. The van der Waals surface area contributed by atoms with E-state index in [9.17, 15) is 9.59 Å². The van der Waals surface area contributed by atoms with Crippen molar-refractivity contribution in [2.24, 2.45) is 5.92 Å². The second-order valence-corrected chi connectivity index (χ2v) is 8.14. The van der Waals surface area contributed by atoms with Crippen LogP contribution in [0, 0.1) is 26.7 Å². The molecule has 1 saturated heterocycles. The molecule has 2 amide bonds. The molecular formula is C24H27N3O2. The van der Waals surface area contributed by atoms with E-state index in [0.29, 0.717) is 13.1 Å². The molecule has 0 spiro atoms. The third-order valence-corrected chi connectivity index (χ3v) is 5.93. The van der Waals surface area contributed by atoms with Crippen LogP contribution >= 0.6 is 0 Å². The van der Waals surface area contributed by atoms with Crippen LogP contribution in [0.1, 0.15) is 28.7 Å². The molecule has 5 heteroatoms. The Bertz CT molecular complexity index is 1080. The lowest BCUT2D eigenvalue weighted by Crippen LogP contribution is -2.30. The Morgan fingerprint density at radius 3 is 2.76 bits per heavy atom. The van der Waals surface area contributed by atoms with Crippen LogP contribution in [0.5, 0.6) is 0 Å². The number of nitrogens with zero attached hydrogens (tertiary/aromatic N) is 1. The number of amides is 2. The van der Waals surface area contributed by atoms with Crippen LogP contribution in [0.2, 0.25) is 0 Å². The lowest BCUT2D eigenvalue weighted by Gasteiger charge is -2.16. The topological polar surface area (TPSA) is 65.2 Å². The Balaban J connectivity index is 1.37. The molecule has 2 heterocycles. The predicted molar refractivity (Wildman–Crippen MR) is 116 cm³/mol. The van der Waals surface area contributed by atoms with Crippen molar-refractivity contribution in [1.29, 1.82) is 0 Å². The molecule has 1 fully saturated rings. The summed E-state index contributed by atoms with van der Waals surface area (Å²) in [6.07, 6.45) is 3.08. The van der Waals surface area contributed by atoms with Crippen LogP contribution in [0.15, 0.2) is 42.6 Å². The van der Waals surface area contributed by atoms with E-state index in [1.807, 2.05) is 43.1 Å². The molecule has 0 saturated carbocycles. The Labute approximate surface area is 171 Å². The van der Waals surface area contributed by atoms with Crippen molar-refractivity contribution in [2.45, 2.75) is 33.6 Å². The van der Waals surface area contributed by atoms with Crippen LogP contribution in [-0.4, -0.2) is 34.8 Å². The van der Waals surface area contributed by atoms with Gasteiger partial charge in [-0.25, -0.2) is 0 Å². The third-order valence-electron chi connectivity index (χ3n) is 5.93. The van der Waals surface area contributed by atoms with E-state index in [-0.39, 0.29) is 24.2 Å². The van der Waals surface area contributed by atoms with Crippen molar-refractivity contribution in [1.82, 2.24) is 9.88 Å². The second-order valence-electron chi connectivity index (χ2n) is 8.14. The normalized spacial score (nSPS) is 16.6. The van der Waals surface area contributed by atoms with E-state index in [0.717, 1.165) is 23.2 Å². The van der Waals surface area contributed by atoms with Gasteiger partial charge in [-0.3, -0.25) is 9.59 Å². The summed E-state index contributed by atoms with van der Waals surface area (Å²) in [5, 5.41) is 4.18. The van der Waals surface area contributed by atoms with Gasteiger partial charge in [-0.15, -0.1) is 0 Å². The summed E-state index contributed by atoms with van der Waals surface area (Å²) in [6, 6.07) is 12.2. The summed E-state index contributed by atoms with van der Waals surface area (Å²) < 4.78 is 0. The van der Waals surface area contributed by atoms with Gasteiger partial charge in [0.05, 0.1) is 5.92 Å². The van der Waals surface area contributed by atoms with Crippen molar-refractivity contribution in [3.63, 3.8) is 0 Å². The monoisotopic (exact) mass is 389 g/mol. The van der Waals surface area contributed by atoms with Gasteiger partial charge in [-0.1, -0.05) is 17.7 Å². The van der Waals surface area contributed by atoms with Crippen molar-refractivity contribution < 1.29 is 9.59 Å². The van der Waals surface area contributed by atoms with E-state index in [4.69, 9.17) is 0 Å². The first-order valence-corrected chi connectivity index (χ1v) is 10.1. The number of fused-ring (bicyclic) bond motifs is 1. The van der Waals surface area contributed by atoms with Crippen molar-refractivity contribution in [3.8, 4) is 0 Å². The van der Waals surface area contributed by atoms with Gasteiger partial charge in [0.1, 0.15) is 0 Å². The van der Waals surface area contributed by atoms with E-state index in [1.165, 1.54) is 22.1 Å². The molecule has 3 aromatic rings. The number of benzene rings is 2. The molecule has 5 nitrogen and oxygen atoms in total. The highest BCUT2D eigenvalue weighted by atomic mass is 16.2. The molecule has 0 aliphatic carbocycles. The highest BCUT2D eigenvalue weighted by Gasteiger charge is 2.34. The first kappa shape index (κ1) is 19.2. The Kier molecular flexibility index (Phi) is 5.14. The highest BCUT2D eigenvalue weighted by molar-refractivity contribution is 5.97. The standard InChI is InChI=1S/C24H27N3O2/c1-15-4-7-22-21(10-15)18(13-25-22)8-9-27-14-19(12-23(27)28)24(29)26-20-6-5-16(2)17(3)11-20/h4-7,10-11,13,19,25H,8-9,12,14H2,1-3H3,(H,26,29)/t19-/m1/s1. The van der Waals surface area contributed by atoms with E-state index in [2.05, 4.69) is 35.4 Å². The van der Waals surface area contributed by atoms with Crippen LogP contribution in [-0.2, 0) is 16.0 Å². The number of aromatic amines is 1. The smallest absolute Gasteiger partial charge is 0.229 e. The molecule has 150 valence electrons. The summed E-state index contributed by atoms with van der Waals surface area (Å²) in [4.78, 5) is 30.2. The van der Waals surface area contributed by atoms with Crippen LogP contribution in [0.25, 0.3) is 10.9 Å². The fourth-order valence-corrected chi connectivity index (χ4v) is 3.98. The molecular weight excluding hydrogens is 362 g/mol. The van der Waals surface area contributed by atoms with Crippen molar-refractivity contribution in [2.75, 3.05) is 18.4 Å². The zero-order valence-electron chi connectivity index (χ0n) is 17.2. The number of aromatic nitrogens is 1. The summed E-state index contributed by atoms with van der Waals surface area (Å²) in [7, 11) is 0. The SMILES string of the molecule is Cc1ccc2[nH]cc(CCN3C[C@H](C(=O)Nc4ccc(C)c(C)c4)CC3=O)c2c1. The fraction of sp³-hybridized carbons (Fsp3) is 0.333. The van der Waals surface area contributed by atoms with Crippen LogP contribution in [0.4, 0.5) is 5.69 Å². The van der Waals surface area contributed by atoms with Gasteiger partial charge >= 0.3 is 0 Å². The summed E-state index contributed by atoms with van der Waals surface area (Å²) >= 11 is 0. The van der Waals surface area contributed by atoms with Gasteiger partial charge in [-0.05, 0) is 68.1 Å². The van der Waals surface area contributed by atoms with Crippen LogP contribution < -0.4 is 5.32 Å². The fourth-order valence-electron chi connectivity index (χ4n) is 3.98. The van der Waals surface area contributed by atoms with Gasteiger partial charge in [0.15, 0.2) is 0 Å². The van der Waals surface area contributed by atoms with Gasteiger partial charge in [0, 0.05) is 42.3 Å². The predicted octanol–water partition coefficient (Wildman–Crippen LogP) is 4.12. The maximum Gasteiger partial charge on any atom is 0.229 e. The number of anilines is 1. The number of nitrogens with one attached hydrogen (secondary N) is 2. The van der Waals surface area contributed by atoms with Crippen molar-refractivity contribution in [3.05, 3.63) is 64.8 Å². The summed E-state index contributed by atoms with van der Waals surface area (Å²) in [5.41, 5.74) is 6.67. The number of likely N-dealkylation sites (tertiary alicyclic amines) is 1. The number of aryl methyl sites for hydroxylation is 3. The first-order valence-electron chi connectivity index (χ1n) is 10.1. The molecule has 2 N–H and O–H groups in total. The first-order chi connectivity index (χ1) is 13.9. The Morgan fingerprint density at radius 1 is 1.14 bits per heavy atom. The number of hydrogen-bond acceptors (Lipinski definition) is 2. The van der Waals surface area contributed by atoms with Gasteiger partial charge in [0.2, 0.25) is 11.8 Å². The van der Waals surface area contributed by atoms with Gasteiger partial charge in [-0.2, -0.15) is 0 Å². The van der Waals surface area contributed by atoms with E-state index in [1.54, 1.807) is 0 Å². The Morgan fingerprint density at radius 2 is 1.97 bits per heavy atom. The number of rotatable bonds is 5. The number of carbonyl (C=O) groups is 2. The quantitative estimate of drug-likeness (QED) is 0.689. The maximum absolute atomic E-state index is 12.7. The van der Waals surface area contributed by atoms with Crippen molar-refractivity contribution >= 4 is 28.4 Å². The minimum absolute atomic E-state index is 0.0567. The molecule has 2 aromatic carbocycles. The van der Waals surface area contributed by atoms with E-state index < -0.39 is 0 Å². The molecule has 4 rings (SSSR count). The second kappa shape index (κ2) is 7.74. The molecule has 0 unspecified atom stereocenters. The molecule has 1 aromatic heterocycles. The summed E-state index contributed by atoms with van der Waals surface area (Å²) in [5.74, 6) is -0.317. The zero-order valence-corrected chi connectivity index (χ0v) is 17.2. The Hall–Kier alpha value is -3.08. The minimum Gasteiger partial charge on any atom is -0.361 e. The lowest BCUT2D eigenvalue weighted by molar-refractivity contribution is -0.128. The largest absolute Gasteiger partial charge is 0.361 e. The average Bonchev–Trinajstić information content (AvgIpc) is 3.26. The van der Waals surface area contributed by atoms with Crippen LogP contribution in [0.3, 0.4) is 0 Å². The molecule has 29 heavy (non-hydrogen) atoms. The van der Waals surface area contributed by atoms with Gasteiger partial charge < -0.3 is 15.2 Å². The third kappa shape index (κ3) is 4.04. The average molecular weight is 389 g/mol. The minimum atomic E-state index is -0.297. The molecule has 1 aliphatic heterocycles.